The third-order valence-electron chi connectivity index (χ3n) is 3.36. The molecule has 4 heteroatoms. The summed E-state index contributed by atoms with van der Waals surface area (Å²) >= 11 is 1.76. The normalized spacial score (nSPS) is 12.2. The summed E-state index contributed by atoms with van der Waals surface area (Å²) in [5.74, 6) is 0.864. The number of hydrogen-bond donors (Lipinski definition) is 1. The van der Waals surface area contributed by atoms with E-state index in [1.807, 2.05) is 18.2 Å². The molecule has 0 bridgehead atoms. The molecule has 19 heavy (non-hydrogen) atoms. The van der Waals surface area contributed by atoms with Crippen molar-refractivity contribution in [2.24, 2.45) is 5.73 Å². The number of hydrogen-bond acceptors (Lipinski definition) is 4. The van der Waals surface area contributed by atoms with Crippen molar-refractivity contribution in [2.45, 2.75) is 13.0 Å². The van der Waals surface area contributed by atoms with E-state index in [9.17, 15) is 0 Å². The highest BCUT2D eigenvalue weighted by molar-refractivity contribution is 7.10. The van der Waals surface area contributed by atoms with E-state index >= 15 is 0 Å². The first-order chi connectivity index (χ1) is 9.17. The Morgan fingerprint density at radius 2 is 2.16 bits per heavy atom. The van der Waals surface area contributed by atoms with Crippen molar-refractivity contribution in [3.63, 3.8) is 0 Å². The average Bonchev–Trinajstić information content (AvgIpc) is 2.86. The predicted molar refractivity (Wildman–Crippen MR) is 82.2 cm³/mol. The molecule has 1 atom stereocenters. The zero-order valence-electron chi connectivity index (χ0n) is 11.6. The first-order valence-electron chi connectivity index (χ1n) is 6.28. The summed E-state index contributed by atoms with van der Waals surface area (Å²) in [6, 6.07) is 10.4. The Morgan fingerprint density at radius 3 is 2.74 bits per heavy atom. The summed E-state index contributed by atoms with van der Waals surface area (Å²) < 4.78 is 5.28. The monoisotopic (exact) mass is 276 g/mol. The molecule has 3 nitrogen and oxygen atoms in total. The standard InChI is InChI=1S/C15H20N2OS/c1-11-7-8-19-15(11)14(10-16)17(2)12-5-4-6-13(9-12)18-3/h4-9,14H,10,16H2,1-3H3. The fourth-order valence-electron chi connectivity index (χ4n) is 2.18. The largest absolute Gasteiger partial charge is 0.497 e. The molecule has 0 fully saturated rings. The van der Waals surface area contributed by atoms with Crippen LogP contribution in [-0.2, 0) is 0 Å². The number of likely N-dealkylation sites (N-methyl/N-ethyl adjacent to an activating group) is 1. The van der Waals surface area contributed by atoms with Crippen molar-refractivity contribution in [3.05, 3.63) is 46.2 Å². The van der Waals surface area contributed by atoms with Gasteiger partial charge in [-0.15, -0.1) is 11.3 Å². The maximum Gasteiger partial charge on any atom is 0.120 e. The van der Waals surface area contributed by atoms with Gasteiger partial charge in [0.25, 0.3) is 0 Å². The molecular weight excluding hydrogens is 256 g/mol. The van der Waals surface area contributed by atoms with Gasteiger partial charge in [-0.3, -0.25) is 0 Å². The summed E-state index contributed by atoms with van der Waals surface area (Å²) in [4.78, 5) is 3.54. The van der Waals surface area contributed by atoms with Crippen molar-refractivity contribution >= 4 is 17.0 Å². The lowest BCUT2D eigenvalue weighted by Crippen LogP contribution is -2.30. The van der Waals surface area contributed by atoms with Crippen LogP contribution in [0, 0.1) is 6.92 Å². The van der Waals surface area contributed by atoms with Crippen LogP contribution < -0.4 is 15.4 Å². The number of nitrogens with zero attached hydrogens (tertiary/aromatic N) is 1. The van der Waals surface area contributed by atoms with Crippen LogP contribution in [0.3, 0.4) is 0 Å². The van der Waals surface area contributed by atoms with Crippen LogP contribution in [-0.4, -0.2) is 20.7 Å². The summed E-state index contributed by atoms with van der Waals surface area (Å²) in [5, 5.41) is 2.12. The third-order valence-corrected chi connectivity index (χ3v) is 4.48. The number of rotatable bonds is 5. The first kappa shape index (κ1) is 13.9. The molecule has 0 aliphatic heterocycles. The minimum absolute atomic E-state index is 0.201. The zero-order valence-corrected chi connectivity index (χ0v) is 12.4. The molecule has 1 unspecified atom stereocenters. The number of methoxy groups -OCH3 is 1. The Morgan fingerprint density at radius 1 is 1.37 bits per heavy atom. The van der Waals surface area contributed by atoms with Crippen LogP contribution in [0.4, 0.5) is 5.69 Å². The molecule has 0 radical (unpaired) electrons. The number of thiophene rings is 1. The van der Waals surface area contributed by atoms with Crippen LogP contribution >= 0.6 is 11.3 Å². The maximum atomic E-state index is 5.98. The molecule has 2 N–H and O–H groups in total. The number of benzene rings is 1. The van der Waals surface area contributed by atoms with Gasteiger partial charge in [-0.1, -0.05) is 6.07 Å². The van der Waals surface area contributed by atoms with Crippen molar-refractivity contribution in [1.29, 1.82) is 0 Å². The van der Waals surface area contributed by atoms with Crippen LogP contribution in [0.15, 0.2) is 35.7 Å². The lowest BCUT2D eigenvalue weighted by molar-refractivity contribution is 0.414. The second-order valence-corrected chi connectivity index (χ2v) is 5.48. The summed E-state index contributed by atoms with van der Waals surface area (Å²) in [6.07, 6.45) is 0. The van der Waals surface area contributed by atoms with Gasteiger partial charge in [0.1, 0.15) is 5.75 Å². The predicted octanol–water partition coefficient (Wildman–Crippen LogP) is 3.20. The van der Waals surface area contributed by atoms with Crippen LogP contribution in [0.5, 0.6) is 5.75 Å². The molecule has 0 saturated heterocycles. The Labute approximate surface area is 118 Å². The van der Waals surface area contributed by atoms with E-state index in [0.717, 1.165) is 11.4 Å². The van der Waals surface area contributed by atoms with Crippen molar-refractivity contribution in [3.8, 4) is 5.75 Å². The molecule has 102 valence electrons. The highest BCUT2D eigenvalue weighted by Gasteiger charge is 2.19. The molecule has 2 rings (SSSR count). The fraction of sp³-hybridized carbons (Fsp3) is 0.333. The zero-order chi connectivity index (χ0) is 13.8. The minimum atomic E-state index is 0.201. The highest BCUT2D eigenvalue weighted by atomic mass is 32.1. The minimum Gasteiger partial charge on any atom is -0.497 e. The SMILES string of the molecule is COc1cccc(N(C)C(CN)c2sccc2C)c1. The lowest BCUT2D eigenvalue weighted by Gasteiger charge is -2.29. The molecule has 2 aromatic rings. The maximum absolute atomic E-state index is 5.98. The van der Waals surface area contributed by atoms with Crippen molar-refractivity contribution in [1.82, 2.24) is 0 Å². The molecule has 1 aromatic heterocycles. The number of aryl methyl sites for hydroxylation is 1. The van der Waals surface area contributed by atoms with E-state index in [1.165, 1.54) is 10.4 Å². The van der Waals surface area contributed by atoms with Crippen LogP contribution in [0.1, 0.15) is 16.5 Å². The Kier molecular flexibility index (Phi) is 4.45. The van der Waals surface area contributed by atoms with Gasteiger partial charge < -0.3 is 15.4 Å². The topological polar surface area (TPSA) is 38.5 Å². The quantitative estimate of drug-likeness (QED) is 0.911. The van der Waals surface area contributed by atoms with Crippen LogP contribution in [0.2, 0.25) is 0 Å². The van der Waals surface area contributed by atoms with Gasteiger partial charge in [0, 0.05) is 30.2 Å². The van der Waals surface area contributed by atoms with Gasteiger partial charge >= 0.3 is 0 Å². The average molecular weight is 276 g/mol. The molecule has 0 aliphatic rings. The molecule has 0 spiro atoms. The van der Waals surface area contributed by atoms with E-state index in [1.54, 1.807) is 18.4 Å². The van der Waals surface area contributed by atoms with Gasteiger partial charge in [-0.25, -0.2) is 0 Å². The first-order valence-corrected chi connectivity index (χ1v) is 7.16. The van der Waals surface area contributed by atoms with E-state index in [4.69, 9.17) is 10.5 Å². The van der Waals surface area contributed by atoms with Gasteiger partial charge in [-0.2, -0.15) is 0 Å². The Balaban J connectivity index is 2.30. The Hall–Kier alpha value is -1.52. The van der Waals surface area contributed by atoms with Gasteiger partial charge in [0.05, 0.1) is 13.2 Å². The number of ether oxygens (including phenoxy) is 1. The third kappa shape index (κ3) is 2.91. The molecule has 0 aliphatic carbocycles. The molecule has 0 saturated carbocycles. The van der Waals surface area contributed by atoms with Gasteiger partial charge in [0.15, 0.2) is 0 Å². The lowest BCUT2D eigenvalue weighted by atomic mass is 10.1. The van der Waals surface area contributed by atoms with E-state index in [0.29, 0.717) is 6.54 Å². The highest BCUT2D eigenvalue weighted by Crippen LogP contribution is 2.31. The Bertz CT molecular complexity index is 538. The summed E-state index contributed by atoms with van der Waals surface area (Å²) in [7, 11) is 3.76. The van der Waals surface area contributed by atoms with Crippen molar-refractivity contribution in [2.75, 3.05) is 25.6 Å². The molecule has 1 aromatic carbocycles. The summed E-state index contributed by atoms with van der Waals surface area (Å²) in [5.41, 5.74) is 8.39. The second kappa shape index (κ2) is 6.08. The van der Waals surface area contributed by atoms with E-state index < -0.39 is 0 Å². The molecule has 0 amide bonds. The number of nitrogens with two attached hydrogens (primary N) is 1. The fourth-order valence-corrected chi connectivity index (χ4v) is 3.26. The van der Waals surface area contributed by atoms with E-state index in [-0.39, 0.29) is 6.04 Å². The van der Waals surface area contributed by atoms with Gasteiger partial charge in [-0.05, 0) is 36.1 Å². The van der Waals surface area contributed by atoms with Gasteiger partial charge in [0.2, 0.25) is 0 Å². The summed E-state index contributed by atoms with van der Waals surface area (Å²) in [6.45, 7) is 2.73. The molecule has 1 heterocycles. The van der Waals surface area contributed by atoms with E-state index in [2.05, 4.69) is 36.4 Å². The number of anilines is 1. The van der Waals surface area contributed by atoms with Crippen LogP contribution in [0.25, 0.3) is 0 Å². The second-order valence-electron chi connectivity index (χ2n) is 4.53. The smallest absolute Gasteiger partial charge is 0.120 e. The van der Waals surface area contributed by atoms with Crippen molar-refractivity contribution < 1.29 is 4.74 Å². The molecular formula is C15H20N2OS.